The van der Waals surface area contributed by atoms with Gasteiger partial charge in [0.15, 0.2) is 0 Å². The summed E-state index contributed by atoms with van der Waals surface area (Å²) in [6.45, 7) is 6.37. The Morgan fingerprint density at radius 3 is 2.68 bits per heavy atom. The number of ether oxygens (including phenoxy) is 1. The van der Waals surface area contributed by atoms with Crippen LogP contribution >= 0.6 is 11.3 Å². The van der Waals surface area contributed by atoms with E-state index in [1.807, 2.05) is 45.0 Å². The maximum atomic E-state index is 11.8. The number of hydrazine groups is 1. The number of hydrogen-bond donors (Lipinski definition) is 2. The average molecular weight is 278 g/mol. The number of rotatable bonds is 3. The third kappa shape index (κ3) is 3.12. The van der Waals surface area contributed by atoms with Crippen molar-refractivity contribution in [2.45, 2.75) is 33.0 Å². The Kier molecular flexibility index (Phi) is 3.89. The number of thiophene rings is 1. The Hall–Kier alpha value is -1.43. The Morgan fingerprint density at radius 2 is 2.05 bits per heavy atom. The normalized spacial score (nSPS) is 11.8. The van der Waals surface area contributed by atoms with Gasteiger partial charge >= 0.3 is 0 Å². The maximum absolute atomic E-state index is 11.8. The van der Waals surface area contributed by atoms with E-state index in [1.54, 1.807) is 0 Å². The number of amides is 1. The van der Waals surface area contributed by atoms with Crippen LogP contribution in [0.5, 0.6) is 0 Å². The fraction of sp³-hybridized carbons (Fsp3) is 0.357. The molecule has 0 fully saturated rings. The van der Waals surface area contributed by atoms with E-state index in [4.69, 9.17) is 10.6 Å². The van der Waals surface area contributed by atoms with E-state index in [1.165, 1.54) is 11.3 Å². The monoisotopic (exact) mass is 278 g/mol. The molecule has 0 aliphatic rings. The van der Waals surface area contributed by atoms with Gasteiger partial charge in [0.2, 0.25) is 0 Å². The fourth-order valence-corrected chi connectivity index (χ4v) is 2.89. The lowest BCUT2D eigenvalue weighted by Crippen LogP contribution is -2.30. The molecule has 1 aromatic carbocycles. The van der Waals surface area contributed by atoms with Gasteiger partial charge in [0.05, 0.1) is 17.1 Å². The molecule has 4 nitrogen and oxygen atoms in total. The fourth-order valence-electron chi connectivity index (χ4n) is 1.78. The van der Waals surface area contributed by atoms with Gasteiger partial charge in [-0.3, -0.25) is 10.2 Å². The third-order valence-electron chi connectivity index (χ3n) is 2.69. The van der Waals surface area contributed by atoms with Crippen molar-refractivity contribution in [2.24, 2.45) is 5.84 Å². The van der Waals surface area contributed by atoms with Gasteiger partial charge in [0.25, 0.3) is 5.91 Å². The molecule has 5 heteroatoms. The van der Waals surface area contributed by atoms with Gasteiger partial charge < -0.3 is 4.74 Å². The van der Waals surface area contributed by atoms with E-state index >= 15 is 0 Å². The lowest BCUT2D eigenvalue weighted by atomic mass is 10.1. The molecule has 0 saturated carbocycles. The molecule has 0 saturated heterocycles. The summed E-state index contributed by atoms with van der Waals surface area (Å²) in [5.41, 5.74) is 2.85. The third-order valence-corrected chi connectivity index (χ3v) is 3.90. The van der Waals surface area contributed by atoms with Crippen LogP contribution in [-0.4, -0.2) is 11.5 Å². The molecule has 3 N–H and O–H groups in total. The largest absolute Gasteiger partial charge is 0.371 e. The number of nitrogen functional groups attached to an aromatic ring is 1. The first-order chi connectivity index (χ1) is 8.92. The van der Waals surface area contributed by atoms with Crippen molar-refractivity contribution in [1.29, 1.82) is 0 Å². The molecule has 102 valence electrons. The summed E-state index contributed by atoms with van der Waals surface area (Å²) in [6.07, 6.45) is 0. The summed E-state index contributed by atoms with van der Waals surface area (Å²) in [4.78, 5) is 12.5. The maximum Gasteiger partial charge on any atom is 0.275 e. The van der Waals surface area contributed by atoms with Gasteiger partial charge in [0.1, 0.15) is 0 Å². The van der Waals surface area contributed by atoms with Crippen molar-refractivity contribution in [1.82, 2.24) is 5.43 Å². The predicted molar refractivity (Wildman–Crippen MR) is 78.0 cm³/mol. The smallest absolute Gasteiger partial charge is 0.275 e. The van der Waals surface area contributed by atoms with Gasteiger partial charge in [-0.2, -0.15) is 0 Å². The summed E-state index contributed by atoms with van der Waals surface area (Å²) in [7, 11) is 0. The molecular formula is C14H18N2O2S. The first kappa shape index (κ1) is 14.0. The summed E-state index contributed by atoms with van der Waals surface area (Å²) in [5.74, 6) is 4.97. The highest BCUT2D eigenvalue weighted by Crippen LogP contribution is 2.32. The number of carbonyl (C=O) groups is 1. The van der Waals surface area contributed by atoms with E-state index in [9.17, 15) is 4.79 Å². The van der Waals surface area contributed by atoms with Crippen molar-refractivity contribution >= 4 is 27.3 Å². The lowest BCUT2D eigenvalue weighted by molar-refractivity contribution is -0.0145. The SMILES string of the molecule is CC(C)(C)OCc1c(C(=O)NN)sc2ccccc12. The molecule has 2 aromatic rings. The molecular weight excluding hydrogens is 260 g/mol. The highest BCUT2D eigenvalue weighted by Gasteiger charge is 2.20. The lowest BCUT2D eigenvalue weighted by Gasteiger charge is -2.19. The molecule has 19 heavy (non-hydrogen) atoms. The summed E-state index contributed by atoms with van der Waals surface area (Å²) >= 11 is 1.44. The van der Waals surface area contributed by atoms with Gasteiger partial charge in [-0.1, -0.05) is 18.2 Å². The first-order valence-corrected chi connectivity index (χ1v) is 6.89. The quantitative estimate of drug-likeness (QED) is 0.515. The summed E-state index contributed by atoms with van der Waals surface area (Å²) in [5, 5.41) is 1.05. The average Bonchev–Trinajstić information content (AvgIpc) is 2.73. The van der Waals surface area contributed by atoms with E-state index < -0.39 is 0 Å². The highest BCUT2D eigenvalue weighted by molar-refractivity contribution is 7.21. The van der Waals surface area contributed by atoms with Gasteiger partial charge in [0, 0.05) is 10.3 Å². The standard InChI is InChI=1S/C14H18N2O2S/c1-14(2,3)18-8-10-9-6-4-5-7-11(9)19-12(10)13(17)16-15/h4-7H,8,15H2,1-3H3,(H,16,17). The van der Waals surface area contributed by atoms with Gasteiger partial charge in [-0.05, 0) is 32.2 Å². The number of nitrogens with one attached hydrogen (secondary N) is 1. The molecule has 0 spiro atoms. The van der Waals surface area contributed by atoms with Crippen molar-refractivity contribution in [3.63, 3.8) is 0 Å². The summed E-state index contributed by atoms with van der Waals surface area (Å²) in [6, 6.07) is 7.91. The minimum atomic E-state index is -0.270. The zero-order valence-electron chi connectivity index (χ0n) is 11.3. The molecule has 0 aliphatic carbocycles. The highest BCUT2D eigenvalue weighted by atomic mass is 32.1. The second kappa shape index (κ2) is 5.28. The summed E-state index contributed by atoms with van der Waals surface area (Å²) < 4.78 is 6.87. The molecule has 1 aromatic heterocycles. The Labute approximate surface area is 116 Å². The van der Waals surface area contributed by atoms with Crippen LogP contribution in [0.1, 0.15) is 36.0 Å². The van der Waals surface area contributed by atoms with Crippen LogP contribution in [0.15, 0.2) is 24.3 Å². The zero-order chi connectivity index (χ0) is 14.0. The molecule has 0 atom stereocenters. The van der Waals surface area contributed by atoms with Crippen molar-refractivity contribution in [3.05, 3.63) is 34.7 Å². The van der Waals surface area contributed by atoms with Gasteiger partial charge in [-0.15, -0.1) is 11.3 Å². The van der Waals surface area contributed by atoms with Gasteiger partial charge in [-0.25, -0.2) is 5.84 Å². The van der Waals surface area contributed by atoms with Crippen LogP contribution in [0.25, 0.3) is 10.1 Å². The Morgan fingerprint density at radius 1 is 1.37 bits per heavy atom. The number of fused-ring (bicyclic) bond motifs is 1. The first-order valence-electron chi connectivity index (χ1n) is 6.07. The zero-order valence-corrected chi connectivity index (χ0v) is 12.1. The van der Waals surface area contributed by atoms with E-state index in [2.05, 4.69) is 5.43 Å². The number of hydrogen-bond acceptors (Lipinski definition) is 4. The second-order valence-corrected chi connectivity index (χ2v) is 6.33. The van der Waals surface area contributed by atoms with Crippen molar-refractivity contribution in [2.75, 3.05) is 0 Å². The Balaban J connectivity index is 2.45. The van der Waals surface area contributed by atoms with Crippen LogP contribution in [0.3, 0.4) is 0 Å². The minimum absolute atomic E-state index is 0.250. The number of nitrogens with two attached hydrogens (primary N) is 1. The van der Waals surface area contributed by atoms with Crippen LogP contribution < -0.4 is 11.3 Å². The molecule has 0 bridgehead atoms. The molecule has 0 radical (unpaired) electrons. The van der Waals surface area contributed by atoms with Crippen molar-refractivity contribution < 1.29 is 9.53 Å². The molecule has 1 amide bonds. The predicted octanol–water partition coefficient (Wildman–Crippen LogP) is 2.82. The van der Waals surface area contributed by atoms with E-state index in [0.717, 1.165) is 15.6 Å². The molecule has 2 rings (SSSR count). The molecule has 0 aliphatic heterocycles. The van der Waals surface area contributed by atoms with Crippen molar-refractivity contribution in [3.8, 4) is 0 Å². The minimum Gasteiger partial charge on any atom is -0.371 e. The topological polar surface area (TPSA) is 64.3 Å². The molecule has 0 unspecified atom stereocenters. The van der Waals surface area contributed by atoms with E-state index in [0.29, 0.717) is 11.5 Å². The molecule has 1 heterocycles. The Bertz CT molecular complexity index is 599. The second-order valence-electron chi connectivity index (χ2n) is 5.28. The van der Waals surface area contributed by atoms with Crippen LogP contribution in [0.2, 0.25) is 0 Å². The number of benzene rings is 1. The van der Waals surface area contributed by atoms with Crippen LogP contribution in [-0.2, 0) is 11.3 Å². The van der Waals surface area contributed by atoms with Crippen LogP contribution in [0.4, 0.5) is 0 Å². The van der Waals surface area contributed by atoms with E-state index in [-0.39, 0.29) is 11.5 Å². The van der Waals surface area contributed by atoms with Crippen LogP contribution in [0, 0.1) is 0 Å². The number of carbonyl (C=O) groups excluding carboxylic acids is 1.